The molecule has 0 amide bonds. The number of esters is 2. The van der Waals surface area contributed by atoms with Gasteiger partial charge in [0.25, 0.3) is 0 Å². The average molecular weight is 1110 g/mol. The lowest BCUT2D eigenvalue weighted by Crippen LogP contribution is -2.37. The third-order valence-corrected chi connectivity index (χ3v) is 14.6. The van der Waals surface area contributed by atoms with Gasteiger partial charge in [-0.15, -0.1) is 0 Å². The Bertz CT molecular complexity index is 1640. The van der Waals surface area contributed by atoms with Gasteiger partial charge in [-0.3, -0.25) is 18.6 Å². The van der Waals surface area contributed by atoms with E-state index in [-0.39, 0.29) is 32.0 Å². The molecule has 0 saturated heterocycles. The third kappa shape index (κ3) is 62.1. The van der Waals surface area contributed by atoms with Crippen LogP contribution in [0.4, 0.5) is 0 Å². The molecule has 9 nitrogen and oxygen atoms in total. The van der Waals surface area contributed by atoms with Crippen LogP contribution in [0.2, 0.25) is 0 Å². The molecule has 0 radical (unpaired) electrons. The van der Waals surface area contributed by atoms with Crippen LogP contribution in [0.1, 0.15) is 271 Å². The van der Waals surface area contributed by atoms with E-state index in [1.54, 1.807) is 0 Å². The van der Waals surface area contributed by atoms with Crippen LogP contribution < -0.4 is 0 Å². The molecule has 0 aliphatic heterocycles. The number of likely N-dealkylation sites (N-methyl/N-ethyl adjacent to an activating group) is 1. The maximum atomic E-state index is 12.8. The van der Waals surface area contributed by atoms with Crippen molar-refractivity contribution < 1.29 is 42.1 Å². The molecule has 0 bridgehead atoms. The van der Waals surface area contributed by atoms with Crippen molar-refractivity contribution in [3.05, 3.63) is 97.2 Å². The van der Waals surface area contributed by atoms with Crippen LogP contribution in [0.25, 0.3) is 0 Å². The Hall–Kier alpha value is -3.07. The summed E-state index contributed by atoms with van der Waals surface area (Å²) in [6.07, 6.45) is 80.8. The number of allylic oxidation sites excluding steroid dienone is 16. The number of rotatable bonds is 58. The van der Waals surface area contributed by atoms with Crippen LogP contribution in [-0.2, 0) is 32.7 Å². The number of ether oxygens (including phenoxy) is 2. The van der Waals surface area contributed by atoms with E-state index in [2.05, 4.69) is 111 Å². The van der Waals surface area contributed by atoms with Gasteiger partial charge in [0.05, 0.1) is 27.7 Å². The predicted molar refractivity (Wildman–Crippen MR) is 335 cm³/mol. The summed E-state index contributed by atoms with van der Waals surface area (Å²) in [6.45, 7) is 4.21. The van der Waals surface area contributed by atoms with E-state index >= 15 is 0 Å². The Morgan fingerprint density at radius 3 is 1.03 bits per heavy atom. The highest BCUT2D eigenvalue weighted by Gasteiger charge is 2.27. The van der Waals surface area contributed by atoms with Crippen molar-refractivity contribution in [2.45, 2.75) is 277 Å². The molecule has 0 aromatic carbocycles. The Morgan fingerprint density at radius 2 is 0.692 bits per heavy atom. The highest BCUT2D eigenvalue weighted by molar-refractivity contribution is 7.47. The van der Waals surface area contributed by atoms with Crippen molar-refractivity contribution in [2.75, 3.05) is 47.5 Å². The topological polar surface area (TPSA) is 108 Å². The standard InChI is InChI=1S/C68H120NO8P/c1-6-8-10-12-14-16-18-20-22-24-25-26-27-28-29-30-31-32-33-34-35-36-37-38-39-40-41-42-43-45-47-49-51-53-55-57-59-61-68(71)77-66(65-76-78(72,73)75-63-62-69(3,4)5)64-74-67(70)60-58-56-54-52-50-48-46-44-23-21-19-17-15-13-11-9-7-2/h8-11,14-17,20-23,25-26,28-29,66H,6-7,12-13,18-19,24,27,30-65H2,1-5H3/p+1/b10-8-,11-9-,16-14-,17-15-,22-20-,23-21-,26-25-,29-28-. The first-order valence-electron chi connectivity index (χ1n) is 32.0. The van der Waals surface area contributed by atoms with E-state index in [4.69, 9.17) is 18.5 Å². The molecule has 0 spiro atoms. The molecule has 78 heavy (non-hydrogen) atoms. The Kier molecular flexibility index (Phi) is 56.3. The van der Waals surface area contributed by atoms with Crippen molar-refractivity contribution in [1.29, 1.82) is 0 Å². The molecule has 450 valence electrons. The number of hydrogen-bond donors (Lipinski definition) is 1. The van der Waals surface area contributed by atoms with E-state index in [1.807, 2.05) is 21.1 Å². The molecule has 0 aliphatic rings. The van der Waals surface area contributed by atoms with Crippen molar-refractivity contribution in [2.24, 2.45) is 0 Å². The zero-order valence-corrected chi connectivity index (χ0v) is 52.0. The minimum Gasteiger partial charge on any atom is -0.462 e. The van der Waals surface area contributed by atoms with Gasteiger partial charge < -0.3 is 18.9 Å². The smallest absolute Gasteiger partial charge is 0.462 e. The lowest BCUT2D eigenvalue weighted by atomic mass is 10.0. The molecule has 2 unspecified atom stereocenters. The lowest BCUT2D eigenvalue weighted by Gasteiger charge is -2.24. The second-order valence-electron chi connectivity index (χ2n) is 22.4. The fourth-order valence-corrected chi connectivity index (χ4v) is 9.51. The van der Waals surface area contributed by atoms with Gasteiger partial charge in [-0.05, 0) is 89.9 Å². The number of carbonyl (C=O) groups excluding carboxylic acids is 2. The minimum absolute atomic E-state index is 0.0279. The molecule has 0 aromatic rings. The van der Waals surface area contributed by atoms with Gasteiger partial charge in [0.15, 0.2) is 6.10 Å². The van der Waals surface area contributed by atoms with E-state index in [9.17, 15) is 19.0 Å². The molecule has 0 rings (SSSR count). The van der Waals surface area contributed by atoms with Crippen molar-refractivity contribution in [1.82, 2.24) is 0 Å². The fraction of sp³-hybridized carbons (Fsp3) is 0.735. The Morgan fingerprint density at radius 1 is 0.397 bits per heavy atom. The van der Waals surface area contributed by atoms with Crippen LogP contribution in [0.5, 0.6) is 0 Å². The number of hydrogen-bond acceptors (Lipinski definition) is 7. The van der Waals surface area contributed by atoms with Gasteiger partial charge in [0.1, 0.15) is 19.8 Å². The molecule has 10 heteroatoms. The van der Waals surface area contributed by atoms with Crippen molar-refractivity contribution in [3.63, 3.8) is 0 Å². The van der Waals surface area contributed by atoms with Gasteiger partial charge in [0.2, 0.25) is 0 Å². The molecule has 0 aromatic heterocycles. The Balaban J connectivity index is 3.99. The first-order chi connectivity index (χ1) is 38.0. The fourth-order valence-electron chi connectivity index (χ4n) is 8.76. The second-order valence-corrected chi connectivity index (χ2v) is 23.8. The summed E-state index contributed by atoms with van der Waals surface area (Å²) < 4.78 is 34.6. The van der Waals surface area contributed by atoms with Gasteiger partial charge in [-0.25, -0.2) is 4.57 Å². The highest BCUT2D eigenvalue weighted by atomic mass is 31.2. The number of phosphoric acid groups is 1. The summed E-state index contributed by atoms with van der Waals surface area (Å²) in [6, 6.07) is 0. The van der Waals surface area contributed by atoms with Gasteiger partial charge in [-0.2, -0.15) is 0 Å². The van der Waals surface area contributed by atoms with Crippen molar-refractivity contribution in [3.8, 4) is 0 Å². The maximum Gasteiger partial charge on any atom is 0.472 e. The average Bonchev–Trinajstić information content (AvgIpc) is 3.41. The summed E-state index contributed by atoms with van der Waals surface area (Å²) in [7, 11) is 1.47. The van der Waals surface area contributed by atoms with Gasteiger partial charge in [0, 0.05) is 12.8 Å². The van der Waals surface area contributed by atoms with E-state index in [1.165, 1.54) is 141 Å². The molecular weight excluding hydrogens is 990 g/mol. The largest absolute Gasteiger partial charge is 0.472 e. The van der Waals surface area contributed by atoms with E-state index in [0.29, 0.717) is 17.4 Å². The van der Waals surface area contributed by atoms with Crippen molar-refractivity contribution >= 4 is 19.8 Å². The van der Waals surface area contributed by atoms with Crippen LogP contribution in [0.15, 0.2) is 97.2 Å². The molecule has 2 atom stereocenters. The molecule has 0 aliphatic carbocycles. The van der Waals surface area contributed by atoms with E-state index in [0.717, 1.165) is 96.3 Å². The van der Waals surface area contributed by atoms with Crippen LogP contribution in [-0.4, -0.2) is 74.9 Å². The quantitative estimate of drug-likeness (QED) is 0.0211. The number of quaternary nitrogens is 1. The zero-order valence-electron chi connectivity index (χ0n) is 51.1. The summed E-state index contributed by atoms with van der Waals surface area (Å²) in [4.78, 5) is 35.7. The highest BCUT2D eigenvalue weighted by Crippen LogP contribution is 2.43. The lowest BCUT2D eigenvalue weighted by molar-refractivity contribution is -0.870. The predicted octanol–water partition coefficient (Wildman–Crippen LogP) is 20.4. The molecular formula is C68H121NO8P+. The Labute approximate surface area is 481 Å². The second kappa shape index (κ2) is 58.6. The van der Waals surface area contributed by atoms with Gasteiger partial charge >= 0.3 is 19.8 Å². The monoisotopic (exact) mass is 1110 g/mol. The molecule has 1 N–H and O–H groups in total. The molecule has 0 saturated carbocycles. The first kappa shape index (κ1) is 74.9. The maximum absolute atomic E-state index is 12.8. The summed E-state index contributed by atoms with van der Waals surface area (Å²) in [5.41, 5.74) is 0. The minimum atomic E-state index is -4.39. The number of phosphoric ester groups is 1. The van der Waals surface area contributed by atoms with Crippen LogP contribution >= 0.6 is 7.82 Å². The number of nitrogens with zero attached hydrogens (tertiary/aromatic N) is 1. The summed E-state index contributed by atoms with van der Waals surface area (Å²) in [5.74, 6) is -0.803. The normalized spacial score (nSPS) is 13.9. The third-order valence-electron chi connectivity index (χ3n) is 13.6. The summed E-state index contributed by atoms with van der Waals surface area (Å²) >= 11 is 0. The number of carbonyl (C=O) groups is 2. The molecule has 0 heterocycles. The van der Waals surface area contributed by atoms with Crippen LogP contribution in [0, 0.1) is 0 Å². The summed E-state index contributed by atoms with van der Waals surface area (Å²) in [5, 5.41) is 0. The first-order valence-corrected chi connectivity index (χ1v) is 33.5. The van der Waals surface area contributed by atoms with Gasteiger partial charge in [-0.1, -0.05) is 265 Å². The molecule has 0 fully saturated rings. The number of unbranched alkanes of at least 4 members (excludes halogenated alkanes) is 28. The van der Waals surface area contributed by atoms with E-state index < -0.39 is 26.5 Å². The SMILES string of the molecule is CC/C=C\C/C=C\C/C=C\C/C=C\C/C=C\CCCCCCCCCCCCCCCCCCCCCCCC(=O)OC(COC(=O)CCCCCCCCC/C=C\C/C=C\C/C=C\CC)COP(=O)(O)OCC[N+](C)(C)C. The van der Waals surface area contributed by atoms with Crippen LogP contribution in [0.3, 0.4) is 0 Å². The zero-order chi connectivity index (χ0) is 57.0.